The average molecular weight is 1510 g/mol. The molecule has 13 aliphatic heterocycles. The molecule has 22 unspecified atom stereocenters. The molecule has 6 aromatic rings. The number of carboxylic acid groups (broad SMARTS) is 1. The van der Waals surface area contributed by atoms with Crippen molar-refractivity contribution in [3.8, 4) is 0 Å². The average Bonchev–Trinajstić information content (AvgIpc) is 1.57. The molecule has 0 aliphatic carbocycles. The van der Waals surface area contributed by atoms with Gasteiger partial charge in [0.25, 0.3) is 11.8 Å². The second-order valence-electron chi connectivity index (χ2n) is 28.6. The Morgan fingerprint density at radius 2 is 0.673 bits per heavy atom. The summed E-state index contributed by atoms with van der Waals surface area (Å²) < 4.78 is 32.5. The van der Waals surface area contributed by atoms with Crippen molar-refractivity contribution in [3.05, 3.63) is 201 Å². The number of fused-ring (bicyclic) bond motifs is 20. The first-order chi connectivity index (χ1) is 53.0. The summed E-state index contributed by atoms with van der Waals surface area (Å²) in [5.74, 6) is -8.95. The van der Waals surface area contributed by atoms with Gasteiger partial charge in [-0.25, -0.2) is 24.5 Å². The maximum atomic E-state index is 12.9. The van der Waals surface area contributed by atoms with Crippen LogP contribution in [-0.4, -0.2) is 184 Å². The molecule has 0 saturated carbocycles. The Morgan fingerprint density at radius 3 is 1.00 bits per heavy atom. The third-order valence-corrected chi connectivity index (χ3v) is 22.6. The third-order valence-electron chi connectivity index (χ3n) is 22.6. The number of amides is 10. The van der Waals surface area contributed by atoms with Crippen molar-refractivity contribution in [2.24, 2.45) is 59.2 Å². The fourth-order valence-corrected chi connectivity index (χ4v) is 17.1. The number of aliphatic hydroxyl groups excluding tert-OH is 3. The molecule has 0 spiro atoms. The summed E-state index contributed by atoms with van der Waals surface area (Å²) in [5, 5.41) is 38.5. The first kappa shape index (κ1) is 77.3. The number of furan rings is 1. The lowest BCUT2D eigenvalue weighted by Gasteiger charge is -2.29. The van der Waals surface area contributed by atoms with Crippen molar-refractivity contribution >= 4 is 99.4 Å². The largest absolute Gasteiger partial charge is 0.481 e. The van der Waals surface area contributed by atoms with Crippen molar-refractivity contribution in [1.29, 1.82) is 0 Å². The fourth-order valence-electron chi connectivity index (χ4n) is 17.1. The number of hydrogen-bond donors (Lipinski definition) is 5. The van der Waals surface area contributed by atoms with Gasteiger partial charge in [0.1, 0.15) is 24.4 Å². The molecule has 1 aromatic heterocycles. The van der Waals surface area contributed by atoms with Gasteiger partial charge in [-0.3, -0.25) is 57.5 Å². The van der Waals surface area contributed by atoms with Crippen LogP contribution in [0.4, 0.5) is 28.4 Å². The molecule has 5 aromatic carbocycles. The van der Waals surface area contributed by atoms with E-state index in [1.165, 1.54) is 46.5 Å². The molecule has 22 atom stereocenters. The zero-order valence-corrected chi connectivity index (χ0v) is 60.7. The van der Waals surface area contributed by atoms with Crippen molar-refractivity contribution in [2.75, 3.05) is 44.1 Å². The summed E-state index contributed by atoms with van der Waals surface area (Å²) in [6, 6.07) is 47.9. The number of esters is 1. The predicted molar refractivity (Wildman–Crippen MR) is 390 cm³/mol. The van der Waals surface area contributed by atoms with Gasteiger partial charge >= 0.3 is 11.9 Å². The lowest BCUT2D eigenvalue weighted by atomic mass is 9.74. The van der Waals surface area contributed by atoms with Gasteiger partial charge in [-0.15, -0.1) is 0 Å². The van der Waals surface area contributed by atoms with Crippen molar-refractivity contribution in [3.63, 3.8) is 0 Å². The SMILES string of the molecule is CC1C(O)C2OC1C1C(=O)N(c3ccccc3)C(=O)C21.CC1C(OC(=O)CCC(=O)O)C2OC1C1C(=O)N(c3ccccc3)C(=O)C21.CC[NH+](CC)CC.O=C1C2C3C=CC(O3)C2C(=O)N1c1ccccc1.O=C1C2C3OC(C(O)C3O)C2C(=O)N1c1ccccc1.O=C1C=CC(=O)N1c1ccccc1.c1ccoc1. The number of carbonyl (C=O) groups is 12. The van der Waals surface area contributed by atoms with Crippen LogP contribution in [0.5, 0.6) is 0 Å². The van der Waals surface area contributed by atoms with Crippen LogP contribution in [0, 0.1) is 59.2 Å². The molecule has 28 heteroatoms. The van der Waals surface area contributed by atoms with Gasteiger partial charge in [0.15, 0.2) is 0 Å². The van der Waals surface area contributed by atoms with Crippen molar-refractivity contribution < 1.29 is 111 Å². The van der Waals surface area contributed by atoms with E-state index in [9.17, 15) is 72.9 Å². The normalized spacial score (nSPS) is 32.6. The molecule has 5 N–H and O–H groups in total. The minimum atomic E-state index is -1.10. The molecule has 14 heterocycles. The lowest BCUT2D eigenvalue weighted by molar-refractivity contribution is -0.894. The van der Waals surface area contributed by atoms with Gasteiger partial charge in [0.05, 0.1) is 170 Å². The Bertz CT molecular complexity index is 4250. The fraction of sp³-hybridized carbons (Fsp3) is 0.390. The Labute approximate surface area is 632 Å². The summed E-state index contributed by atoms with van der Waals surface area (Å²) in [6.45, 7) is 14.2. The van der Waals surface area contributed by atoms with Crippen LogP contribution < -0.4 is 29.4 Å². The van der Waals surface area contributed by atoms with Crippen molar-refractivity contribution in [2.45, 2.75) is 121 Å². The number of ether oxygens (including phenoxy) is 5. The molecule has 10 amide bonds. The number of quaternary nitrogens is 1. The van der Waals surface area contributed by atoms with Gasteiger partial charge in [-0.2, -0.15) is 0 Å². The second kappa shape index (κ2) is 32.8. The molecule has 8 bridgehead atoms. The summed E-state index contributed by atoms with van der Waals surface area (Å²) in [6.07, 6.45) is 1.42. The van der Waals surface area contributed by atoms with E-state index in [2.05, 4.69) is 25.2 Å². The van der Waals surface area contributed by atoms with Gasteiger partial charge in [0, 0.05) is 24.0 Å². The summed E-state index contributed by atoms with van der Waals surface area (Å²) in [5.41, 5.74) is 2.89. The van der Waals surface area contributed by atoms with E-state index < -0.39 is 102 Å². The number of rotatable bonds is 12. The molecular formula is C82H85N6O22+. The van der Waals surface area contributed by atoms with E-state index in [0.29, 0.717) is 28.4 Å². The Balaban J connectivity index is 0.000000118. The van der Waals surface area contributed by atoms with E-state index in [1.807, 2.05) is 68.5 Å². The molecule has 11 fully saturated rings. The number of benzene rings is 5. The quantitative estimate of drug-likeness (QED) is 0.0647. The standard InChI is InChI=1S/C19H19NO7.C15H15NO4.C14H13NO5.C14H11NO3.C10H7NO2.C6H15N.C4H4O/c1-9-15-13-14(17(27-15)16(9)26-12(23)8-7-11(21)22)19(25)20(18(13)24)10-5-3-2-4-6-10;1-7-11(17)13-10-9(12(7)20-13)14(18)16(15(10)19)8-5-3-2-4-6-8;16-9-10(17)12-8-7(11(9)20-12)13(18)15(14(8)19)6-4-2-1-3-5-6;16-13-11-9-6-7-10(18-9)12(11)14(17)15(13)8-4-2-1-3-5-8;12-9-6-7-10(13)11(9)8-4-2-1-3-5-8;1-4-7(5-2)6-3;1-2-4-5-3-1/h2-6,9,13-17H,7-8H2,1H3,(H,21,22);2-7,9-13,17H,1H3;1-5,7-12,16-17H;1-7,9-12H;1-7H;4-6H2,1-3H3;1-4H/p+1. The van der Waals surface area contributed by atoms with Crippen LogP contribution >= 0.6 is 0 Å². The molecule has 19 rings (SSSR count). The number of aliphatic hydroxyl groups is 3. The number of anilines is 5. The highest BCUT2D eigenvalue weighted by molar-refractivity contribution is 6.28. The number of nitrogens with zero attached hydrogens (tertiary/aromatic N) is 5. The molecule has 574 valence electrons. The van der Waals surface area contributed by atoms with Gasteiger partial charge in [0.2, 0.25) is 47.3 Å². The minimum absolute atomic E-state index is 0.103. The highest BCUT2D eigenvalue weighted by atomic mass is 16.6. The highest BCUT2D eigenvalue weighted by Crippen LogP contribution is 2.55. The molecular weight excluding hydrogens is 1420 g/mol. The topological polar surface area (TPSA) is 366 Å². The smallest absolute Gasteiger partial charge is 0.306 e. The number of carboxylic acids is 1. The minimum Gasteiger partial charge on any atom is -0.481 e. The van der Waals surface area contributed by atoms with Crippen LogP contribution in [0.3, 0.4) is 0 Å². The molecule has 0 radical (unpaired) electrons. The van der Waals surface area contributed by atoms with Crippen LogP contribution in [-0.2, 0) is 81.2 Å². The van der Waals surface area contributed by atoms with Crippen LogP contribution in [0.15, 0.2) is 205 Å². The number of hydrogen-bond acceptors (Lipinski definition) is 21. The number of nitrogens with one attached hydrogen (secondary N) is 1. The molecule has 11 saturated heterocycles. The van der Waals surface area contributed by atoms with Gasteiger partial charge in [-0.05, 0) is 93.6 Å². The first-order valence-corrected chi connectivity index (χ1v) is 36.9. The van der Waals surface area contributed by atoms with E-state index in [4.69, 9.17) is 28.8 Å². The molecule has 28 nitrogen and oxygen atoms in total. The number of imide groups is 5. The molecule has 110 heavy (non-hydrogen) atoms. The van der Waals surface area contributed by atoms with Crippen LogP contribution in [0.1, 0.15) is 47.5 Å². The third kappa shape index (κ3) is 14.2. The van der Waals surface area contributed by atoms with Crippen LogP contribution in [0.25, 0.3) is 0 Å². The van der Waals surface area contributed by atoms with Gasteiger partial charge < -0.3 is 53.4 Å². The first-order valence-electron chi connectivity index (χ1n) is 36.9. The Hall–Kier alpha value is -10.8. The predicted octanol–water partition coefficient (Wildman–Crippen LogP) is 4.31. The zero-order chi connectivity index (χ0) is 78.1. The van der Waals surface area contributed by atoms with Crippen molar-refractivity contribution in [1.82, 2.24) is 0 Å². The summed E-state index contributed by atoms with van der Waals surface area (Å²) in [4.78, 5) is 153. The van der Waals surface area contributed by atoms with Gasteiger partial charge in [-0.1, -0.05) is 117 Å². The maximum Gasteiger partial charge on any atom is 0.306 e. The maximum absolute atomic E-state index is 12.9. The summed E-state index contributed by atoms with van der Waals surface area (Å²) >= 11 is 0. The number of para-hydroxylation sites is 5. The van der Waals surface area contributed by atoms with Crippen LogP contribution in [0.2, 0.25) is 0 Å². The van der Waals surface area contributed by atoms with E-state index in [1.54, 1.807) is 139 Å². The summed E-state index contributed by atoms with van der Waals surface area (Å²) in [7, 11) is 0. The number of carbonyl (C=O) groups excluding carboxylic acids is 11. The number of aliphatic carboxylic acids is 1. The zero-order valence-electron chi connectivity index (χ0n) is 60.7. The van der Waals surface area contributed by atoms with E-state index >= 15 is 0 Å². The Morgan fingerprint density at radius 1 is 0.373 bits per heavy atom. The lowest BCUT2D eigenvalue weighted by Crippen LogP contribution is -3.11. The Kier molecular flexibility index (Phi) is 23.0. The van der Waals surface area contributed by atoms with E-state index in [-0.39, 0.29) is 114 Å². The highest BCUT2D eigenvalue weighted by Gasteiger charge is 2.72. The molecule has 13 aliphatic rings. The van der Waals surface area contributed by atoms with E-state index in [0.717, 1.165) is 9.80 Å². The second-order valence-corrected chi connectivity index (χ2v) is 28.6. The monoisotopic (exact) mass is 1510 g/mol.